The molecule has 0 aliphatic rings. The van der Waals surface area contributed by atoms with E-state index in [0.717, 1.165) is 12.0 Å². The van der Waals surface area contributed by atoms with Crippen molar-refractivity contribution in [3.8, 4) is 5.75 Å². The molecule has 2 rings (SSSR count). The van der Waals surface area contributed by atoms with Crippen LogP contribution in [0.15, 0.2) is 48.5 Å². The van der Waals surface area contributed by atoms with Gasteiger partial charge in [-0.2, -0.15) is 0 Å². The standard InChI is InChI=1S/C19H19FN2O4/c1-2-11-26-18-9-5-14(12-17(18)22(24)25)6-10-19(23)21-13-15-3-7-16(20)8-4-15/h3-10,12H,2,11,13H2,1H3,(H,21,23)/b10-6+. The molecule has 136 valence electrons. The molecule has 0 aliphatic carbocycles. The van der Waals surface area contributed by atoms with Crippen molar-refractivity contribution in [2.45, 2.75) is 19.9 Å². The van der Waals surface area contributed by atoms with E-state index in [4.69, 9.17) is 4.74 Å². The number of benzene rings is 2. The van der Waals surface area contributed by atoms with Gasteiger partial charge in [-0.15, -0.1) is 0 Å². The zero-order chi connectivity index (χ0) is 18.9. The number of nitrogens with one attached hydrogen (secondary N) is 1. The van der Waals surface area contributed by atoms with E-state index in [0.29, 0.717) is 12.2 Å². The van der Waals surface area contributed by atoms with Crippen LogP contribution < -0.4 is 10.1 Å². The van der Waals surface area contributed by atoms with Crippen LogP contribution in [-0.4, -0.2) is 17.4 Å². The van der Waals surface area contributed by atoms with E-state index >= 15 is 0 Å². The predicted octanol–water partition coefficient (Wildman–Crippen LogP) is 3.85. The van der Waals surface area contributed by atoms with Gasteiger partial charge in [0.2, 0.25) is 5.91 Å². The fourth-order valence-electron chi connectivity index (χ4n) is 2.14. The zero-order valence-corrected chi connectivity index (χ0v) is 14.3. The Morgan fingerprint density at radius 3 is 2.65 bits per heavy atom. The summed E-state index contributed by atoms with van der Waals surface area (Å²) in [5.74, 6) is -0.494. The molecule has 1 amide bonds. The summed E-state index contributed by atoms with van der Waals surface area (Å²) in [6, 6.07) is 10.3. The Bertz CT molecular complexity index is 804. The van der Waals surface area contributed by atoms with Gasteiger partial charge in [-0.1, -0.05) is 25.1 Å². The summed E-state index contributed by atoms with van der Waals surface area (Å²) in [4.78, 5) is 22.5. The molecule has 0 fully saturated rings. The minimum atomic E-state index is -0.517. The van der Waals surface area contributed by atoms with Crippen LogP contribution in [0.25, 0.3) is 6.08 Å². The van der Waals surface area contributed by atoms with Crippen molar-refractivity contribution in [3.05, 3.63) is 75.6 Å². The second-order valence-electron chi connectivity index (χ2n) is 5.51. The quantitative estimate of drug-likeness (QED) is 0.441. The highest BCUT2D eigenvalue weighted by molar-refractivity contribution is 5.91. The Labute approximate surface area is 150 Å². The van der Waals surface area contributed by atoms with E-state index in [9.17, 15) is 19.3 Å². The summed E-state index contributed by atoms with van der Waals surface area (Å²) in [6.45, 7) is 2.56. The maximum absolute atomic E-state index is 12.8. The third-order valence-electron chi connectivity index (χ3n) is 3.45. The molecule has 0 heterocycles. The van der Waals surface area contributed by atoms with Gasteiger partial charge in [0.1, 0.15) is 5.82 Å². The lowest BCUT2D eigenvalue weighted by atomic mass is 10.1. The average Bonchev–Trinajstić information content (AvgIpc) is 2.64. The molecule has 0 atom stereocenters. The molecular weight excluding hydrogens is 339 g/mol. The molecule has 0 saturated carbocycles. The number of rotatable bonds is 8. The van der Waals surface area contributed by atoms with Gasteiger partial charge in [0.25, 0.3) is 0 Å². The van der Waals surface area contributed by atoms with Gasteiger partial charge < -0.3 is 10.1 Å². The minimum Gasteiger partial charge on any atom is -0.487 e. The van der Waals surface area contributed by atoms with Crippen molar-refractivity contribution in [1.29, 1.82) is 0 Å². The van der Waals surface area contributed by atoms with Crippen LogP contribution in [0.3, 0.4) is 0 Å². The number of amides is 1. The largest absolute Gasteiger partial charge is 0.487 e. The van der Waals surface area contributed by atoms with Crippen LogP contribution in [0.4, 0.5) is 10.1 Å². The summed E-state index contributed by atoms with van der Waals surface area (Å²) in [6.07, 6.45) is 3.51. The number of nitrogens with zero attached hydrogens (tertiary/aromatic N) is 1. The highest BCUT2D eigenvalue weighted by atomic mass is 19.1. The smallest absolute Gasteiger partial charge is 0.311 e. The van der Waals surface area contributed by atoms with Crippen molar-refractivity contribution in [3.63, 3.8) is 0 Å². The van der Waals surface area contributed by atoms with Gasteiger partial charge in [-0.25, -0.2) is 4.39 Å². The van der Waals surface area contributed by atoms with Crippen LogP contribution in [0.5, 0.6) is 5.75 Å². The molecule has 6 nitrogen and oxygen atoms in total. The first kappa shape index (κ1) is 19.1. The molecule has 1 N–H and O–H groups in total. The number of hydrogen-bond acceptors (Lipinski definition) is 4. The van der Waals surface area contributed by atoms with Gasteiger partial charge >= 0.3 is 5.69 Å². The number of ether oxygens (including phenoxy) is 1. The maximum Gasteiger partial charge on any atom is 0.311 e. The van der Waals surface area contributed by atoms with Gasteiger partial charge in [0.05, 0.1) is 11.5 Å². The first-order chi connectivity index (χ1) is 12.5. The van der Waals surface area contributed by atoms with E-state index in [2.05, 4.69) is 5.32 Å². The van der Waals surface area contributed by atoms with Crippen LogP contribution in [0.2, 0.25) is 0 Å². The molecule has 2 aromatic carbocycles. The Morgan fingerprint density at radius 2 is 2.00 bits per heavy atom. The van der Waals surface area contributed by atoms with Gasteiger partial charge in [-0.05, 0) is 41.8 Å². The molecule has 0 bridgehead atoms. The number of nitro benzene ring substituents is 1. The predicted molar refractivity (Wildman–Crippen MR) is 96.2 cm³/mol. The zero-order valence-electron chi connectivity index (χ0n) is 14.3. The maximum atomic E-state index is 12.8. The lowest BCUT2D eigenvalue weighted by molar-refractivity contribution is -0.385. The Kier molecular flexibility index (Phi) is 6.84. The number of carbonyl (C=O) groups is 1. The molecule has 0 spiro atoms. The molecule has 0 aromatic heterocycles. The van der Waals surface area contributed by atoms with E-state index in [-0.39, 0.29) is 29.7 Å². The Hall–Kier alpha value is -3.22. The van der Waals surface area contributed by atoms with Crippen molar-refractivity contribution in [2.75, 3.05) is 6.61 Å². The lowest BCUT2D eigenvalue weighted by Crippen LogP contribution is -2.20. The van der Waals surface area contributed by atoms with Crippen molar-refractivity contribution >= 4 is 17.7 Å². The van der Waals surface area contributed by atoms with Crippen LogP contribution in [0.1, 0.15) is 24.5 Å². The van der Waals surface area contributed by atoms with Gasteiger partial charge in [-0.3, -0.25) is 14.9 Å². The van der Waals surface area contributed by atoms with E-state index < -0.39 is 4.92 Å². The number of carbonyl (C=O) groups excluding carboxylic acids is 1. The molecule has 0 radical (unpaired) electrons. The third kappa shape index (κ3) is 5.70. The first-order valence-corrected chi connectivity index (χ1v) is 8.11. The number of halogens is 1. The van der Waals surface area contributed by atoms with Crippen LogP contribution in [0, 0.1) is 15.9 Å². The second-order valence-corrected chi connectivity index (χ2v) is 5.51. The van der Waals surface area contributed by atoms with Crippen LogP contribution >= 0.6 is 0 Å². The molecule has 2 aromatic rings. The summed E-state index contributed by atoms with van der Waals surface area (Å²) < 4.78 is 18.2. The second kappa shape index (κ2) is 9.31. The fraction of sp³-hybridized carbons (Fsp3) is 0.211. The highest BCUT2D eigenvalue weighted by Crippen LogP contribution is 2.28. The monoisotopic (exact) mass is 358 g/mol. The SMILES string of the molecule is CCCOc1ccc(/C=C/C(=O)NCc2ccc(F)cc2)cc1[N+](=O)[O-]. The van der Waals surface area contributed by atoms with Gasteiger partial charge in [0, 0.05) is 18.7 Å². The Balaban J connectivity index is 1.99. The van der Waals surface area contributed by atoms with E-state index in [1.54, 1.807) is 18.2 Å². The summed E-state index contributed by atoms with van der Waals surface area (Å²) in [5.41, 5.74) is 1.13. The van der Waals surface area contributed by atoms with Crippen molar-refractivity contribution in [2.24, 2.45) is 0 Å². The average molecular weight is 358 g/mol. The molecule has 0 aliphatic heterocycles. The molecular formula is C19H19FN2O4. The molecule has 26 heavy (non-hydrogen) atoms. The number of hydrogen-bond donors (Lipinski definition) is 1. The van der Waals surface area contributed by atoms with Gasteiger partial charge in [0.15, 0.2) is 5.75 Å². The fourth-order valence-corrected chi connectivity index (χ4v) is 2.14. The van der Waals surface area contributed by atoms with Crippen molar-refractivity contribution in [1.82, 2.24) is 5.32 Å². The molecule has 0 unspecified atom stereocenters. The van der Waals surface area contributed by atoms with E-state index in [1.165, 1.54) is 36.4 Å². The summed E-state index contributed by atoms with van der Waals surface area (Å²) >= 11 is 0. The van der Waals surface area contributed by atoms with Crippen LogP contribution in [-0.2, 0) is 11.3 Å². The highest BCUT2D eigenvalue weighted by Gasteiger charge is 2.15. The molecule has 7 heteroatoms. The first-order valence-electron chi connectivity index (χ1n) is 8.11. The number of nitro groups is 1. The Morgan fingerprint density at radius 1 is 1.27 bits per heavy atom. The summed E-state index contributed by atoms with van der Waals surface area (Å²) in [7, 11) is 0. The topological polar surface area (TPSA) is 81.5 Å². The third-order valence-corrected chi connectivity index (χ3v) is 3.45. The lowest BCUT2D eigenvalue weighted by Gasteiger charge is -2.06. The normalized spacial score (nSPS) is 10.7. The van der Waals surface area contributed by atoms with E-state index in [1.807, 2.05) is 6.92 Å². The minimum absolute atomic E-state index is 0.146. The molecule has 0 saturated heterocycles. The summed E-state index contributed by atoms with van der Waals surface area (Å²) in [5, 5.41) is 13.8. The van der Waals surface area contributed by atoms with Crippen molar-refractivity contribution < 1.29 is 18.8 Å².